The summed E-state index contributed by atoms with van der Waals surface area (Å²) in [5.41, 5.74) is 0.0493. The van der Waals surface area contributed by atoms with Gasteiger partial charge in [0.2, 0.25) is 17.2 Å². The Labute approximate surface area is 166 Å². The van der Waals surface area contributed by atoms with Gasteiger partial charge in [-0.1, -0.05) is 19.1 Å². The number of nitrogens with zero attached hydrogens (tertiary/aromatic N) is 6. The lowest BCUT2D eigenvalue weighted by Gasteiger charge is -2.21. The molecule has 2 aromatic rings. The summed E-state index contributed by atoms with van der Waals surface area (Å²) < 4.78 is 25.9. The lowest BCUT2D eigenvalue weighted by molar-refractivity contribution is 0.0873. The van der Waals surface area contributed by atoms with Crippen molar-refractivity contribution in [1.29, 1.82) is 5.26 Å². The van der Waals surface area contributed by atoms with Gasteiger partial charge in [0.25, 0.3) is 15.9 Å². The first-order chi connectivity index (χ1) is 13.3. The molecule has 28 heavy (non-hydrogen) atoms. The summed E-state index contributed by atoms with van der Waals surface area (Å²) in [7, 11) is -4.08. The number of rotatable bonds is 6. The fourth-order valence-electron chi connectivity index (χ4n) is 2.49. The molecule has 0 saturated heterocycles. The van der Waals surface area contributed by atoms with Crippen molar-refractivity contribution < 1.29 is 13.2 Å². The van der Waals surface area contributed by atoms with Gasteiger partial charge in [-0.3, -0.25) is 4.79 Å². The molecule has 1 atom stereocenters. The number of halogens is 1. The number of hydrogen-bond donors (Lipinski definition) is 1. The van der Waals surface area contributed by atoms with Crippen LogP contribution >= 0.6 is 11.6 Å². The van der Waals surface area contributed by atoms with Crippen molar-refractivity contribution in [3.05, 3.63) is 35.1 Å². The summed E-state index contributed by atoms with van der Waals surface area (Å²) in [4.78, 5) is 25.2. The Bertz CT molecular complexity index is 1070. The molecular weight excluding hydrogens is 406 g/mol. The van der Waals surface area contributed by atoms with Gasteiger partial charge in [0.1, 0.15) is 11.6 Å². The zero-order chi connectivity index (χ0) is 20.5. The molecular formula is C16H16ClN7O3S. The van der Waals surface area contributed by atoms with Crippen LogP contribution in [0.25, 0.3) is 0 Å². The monoisotopic (exact) mass is 421 g/mol. The summed E-state index contributed by atoms with van der Waals surface area (Å²) in [6, 6.07) is 5.88. The summed E-state index contributed by atoms with van der Waals surface area (Å²) in [5.74, 6) is -0.760. The maximum atomic E-state index is 12.7. The number of benzene rings is 1. The molecule has 0 saturated carbocycles. The molecule has 0 bridgehead atoms. The van der Waals surface area contributed by atoms with Crippen molar-refractivity contribution in [1.82, 2.24) is 19.3 Å². The summed E-state index contributed by atoms with van der Waals surface area (Å²) in [6.45, 7) is 3.28. The predicted octanol–water partition coefficient (Wildman–Crippen LogP) is 1.83. The average molecular weight is 422 g/mol. The predicted molar refractivity (Wildman–Crippen MR) is 101 cm³/mol. The Hall–Kier alpha value is -2.97. The van der Waals surface area contributed by atoms with Gasteiger partial charge in [-0.25, -0.2) is 17.6 Å². The van der Waals surface area contributed by atoms with E-state index in [9.17, 15) is 18.5 Å². The van der Waals surface area contributed by atoms with E-state index in [1.807, 2.05) is 13.8 Å². The molecule has 146 valence electrons. The van der Waals surface area contributed by atoms with E-state index >= 15 is 0 Å². The number of nitriles is 1. The van der Waals surface area contributed by atoms with Gasteiger partial charge in [0.05, 0.1) is 5.56 Å². The van der Waals surface area contributed by atoms with E-state index in [-0.39, 0.29) is 33.7 Å². The molecule has 3 rings (SSSR count). The number of aromatic nitrogens is 3. The molecule has 0 radical (unpaired) electrons. The molecule has 1 aromatic heterocycles. The first-order valence-corrected chi connectivity index (χ1v) is 10.1. The van der Waals surface area contributed by atoms with E-state index in [0.717, 1.165) is 11.3 Å². The average Bonchev–Trinajstić information content (AvgIpc) is 2.85. The van der Waals surface area contributed by atoms with Gasteiger partial charge in [-0.15, -0.1) is 0 Å². The second kappa shape index (κ2) is 7.57. The van der Waals surface area contributed by atoms with Crippen LogP contribution in [0.4, 0.5) is 11.9 Å². The minimum absolute atomic E-state index is 0.0388. The molecule has 0 fully saturated rings. The third-order valence-corrected chi connectivity index (χ3v) is 6.07. The van der Waals surface area contributed by atoms with Gasteiger partial charge in [-0.05, 0) is 37.1 Å². The van der Waals surface area contributed by atoms with E-state index < -0.39 is 22.6 Å². The number of carbonyl (C=O) groups is 1. The lowest BCUT2D eigenvalue weighted by Crippen LogP contribution is -2.40. The summed E-state index contributed by atoms with van der Waals surface area (Å²) in [6.07, 6.45) is 2.58. The van der Waals surface area contributed by atoms with E-state index in [2.05, 4.69) is 20.3 Å². The highest BCUT2D eigenvalue weighted by Gasteiger charge is 2.42. The van der Waals surface area contributed by atoms with Crippen LogP contribution in [0.3, 0.4) is 0 Å². The maximum Gasteiger partial charge on any atom is 0.270 e. The van der Waals surface area contributed by atoms with Crippen LogP contribution in [-0.2, 0) is 10.0 Å². The molecule has 10 nitrogen and oxygen atoms in total. The van der Waals surface area contributed by atoms with Crippen molar-refractivity contribution in [2.75, 3.05) is 16.9 Å². The fraction of sp³-hybridized carbons (Fsp3) is 0.312. The van der Waals surface area contributed by atoms with Crippen LogP contribution in [0.5, 0.6) is 0 Å². The molecule has 12 heteroatoms. The Morgan fingerprint density at radius 3 is 2.68 bits per heavy atom. The van der Waals surface area contributed by atoms with Gasteiger partial charge < -0.3 is 5.32 Å². The highest BCUT2D eigenvalue weighted by Crippen LogP contribution is 2.30. The van der Waals surface area contributed by atoms with Crippen molar-refractivity contribution in [2.45, 2.75) is 31.2 Å². The van der Waals surface area contributed by atoms with Crippen LogP contribution in [0, 0.1) is 11.5 Å². The van der Waals surface area contributed by atoms with E-state index in [1.165, 1.54) is 18.2 Å². The maximum absolute atomic E-state index is 12.7. The number of anilines is 2. The molecule has 1 unspecified atom stereocenters. The summed E-state index contributed by atoms with van der Waals surface area (Å²) >= 11 is 5.91. The molecule has 1 N–H and O–H groups in total. The van der Waals surface area contributed by atoms with Crippen molar-refractivity contribution in [3.8, 4) is 6.19 Å². The van der Waals surface area contributed by atoms with E-state index in [0.29, 0.717) is 4.31 Å². The first-order valence-electron chi connectivity index (χ1n) is 8.29. The number of amides is 1. The van der Waals surface area contributed by atoms with Crippen LogP contribution in [0.2, 0.25) is 5.28 Å². The van der Waals surface area contributed by atoms with Gasteiger partial charge in [0.15, 0.2) is 6.19 Å². The quantitative estimate of drug-likeness (QED) is 0.547. The van der Waals surface area contributed by atoms with Crippen LogP contribution in [0.1, 0.15) is 30.6 Å². The number of nitrogens with one attached hydrogen (secondary N) is 1. The normalized spacial score (nSPS) is 15.6. The topological polar surface area (TPSA) is 132 Å². The van der Waals surface area contributed by atoms with Crippen molar-refractivity contribution in [2.24, 2.45) is 0 Å². The Kier molecular flexibility index (Phi) is 5.35. The number of fused-ring (bicyclic) bond motifs is 1. The molecule has 1 aliphatic rings. The Balaban J connectivity index is 1.92. The van der Waals surface area contributed by atoms with Gasteiger partial charge in [0, 0.05) is 6.04 Å². The van der Waals surface area contributed by atoms with E-state index in [1.54, 1.807) is 12.3 Å². The number of hydrogen-bond acceptors (Lipinski definition) is 9. The minimum atomic E-state index is -4.08. The standard InChI is InChI=1S/C16H16ClN7O3S/c1-3-10(2)19-15-20-14(17)21-16(22-15)23(8-18)9-24-13(25)11-6-4-5-7-12(11)28(24,26)27/h4-7,10H,3,9H2,1-2H3,(H,19,20,21,22). The third kappa shape index (κ3) is 3.56. The van der Waals surface area contributed by atoms with Crippen LogP contribution < -0.4 is 10.2 Å². The fourth-order valence-corrected chi connectivity index (χ4v) is 4.15. The number of sulfonamides is 1. The second-order valence-electron chi connectivity index (χ2n) is 6.01. The van der Waals surface area contributed by atoms with Gasteiger partial charge in [-0.2, -0.15) is 20.2 Å². The SMILES string of the molecule is CCC(C)Nc1nc(Cl)nc(N(C#N)CN2C(=O)c3ccccc3S2(=O)=O)n1. The molecule has 1 aromatic carbocycles. The van der Waals surface area contributed by atoms with E-state index in [4.69, 9.17) is 11.6 Å². The molecule has 0 aliphatic carbocycles. The van der Waals surface area contributed by atoms with Crippen LogP contribution in [0.15, 0.2) is 29.2 Å². The highest BCUT2D eigenvalue weighted by atomic mass is 35.5. The van der Waals surface area contributed by atoms with Crippen molar-refractivity contribution >= 4 is 39.4 Å². The lowest BCUT2D eigenvalue weighted by atomic mass is 10.2. The zero-order valence-corrected chi connectivity index (χ0v) is 16.6. The zero-order valence-electron chi connectivity index (χ0n) is 15.0. The minimum Gasteiger partial charge on any atom is -0.352 e. The smallest absolute Gasteiger partial charge is 0.270 e. The van der Waals surface area contributed by atoms with Gasteiger partial charge >= 0.3 is 0 Å². The largest absolute Gasteiger partial charge is 0.352 e. The summed E-state index contributed by atoms with van der Waals surface area (Å²) in [5, 5.41) is 12.3. The van der Waals surface area contributed by atoms with Crippen LogP contribution in [-0.4, -0.2) is 46.3 Å². The second-order valence-corrected chi connectivity index (χ2v) is 8.17. The molecule has 1 aliphatic heterocycles. The Morgan fingerprint density at radius 2 is 2.04 bits per heavy atom. The third-order valence-electron chi connectivity index (χ3n) is 4.13. The number of carbonyl (C=O) groups excluding carboxylic acids is 1. The first kappa shape index (κ1) is 19.8. The molecule has 0 spiro atoms. The molecule has 2 heterocycles. The van der Waals surface area contributed by atoms with Crippen molar-refractivity contribution in [3.63, 3.8) is 0 Å². The molecule has 1 amide bonds. The highest BCUT2D eigenvalue weighted by molar-refractivity contribution is 7.90. The Morgan fingerprint density at radius 1 is 1.32 bits per heavy atom.